The summed E-state index contributed by atoms with van der Waals surface area (Å²) in [6, 6.07) is 33.5. The molecule has 12 rings (SSSR count). The molecular formula is C60H56Si2. The predicted octanol–water partition coefficient (Wildman–Crippen LogP) is 18.1. The first kappa shape index (κ1) is 38.3. The zero-order chi connectivity index (χ0) is 43.0. The molecule has 0 aliphatic rings. The van der Waals surface area contributed by atoms with Gasteiger partial charge in [0.25, 0.3) is 0 Å². The van der Waals surface area contributed by atoms with Gasteiger partial charge in [-0.1, -0.05) is 180 Å². The molecule has 0 radical (unpaired) electrons. The van der Waals surface area contributed by atoms with Crippen LogP contribution in [0.15, 0.2) is 84.9 Å². The smallest absolute Gasteiger partial charge is 0.125 e. The second-order valence-corrected chi connectivity index (χ2v) is 32.3. The number of rotatable bonds is 6. The van der Waals surface area contributed by atoms with Gasteiger partial charge in [-0.15, -0.1) is 11.1 Å². The molecule has 0 aromatic heterocycles. The summed E-state index contributed by atoms with van der Waals surface area (Å²) in [7, 11) is -4.05. The highest BCUT2D eigenvalue weighted by Gasteiger charge is 2.43. The molecule has 0 heterocycles. The lowest BCUT2D eigenvalue weighted by Gasteiger charge is -2.38. The van der Waals surface area contributed by atoms with Gasteiger partial charge in [0, 0.05) is 11.1 Å². The molecule has 0 aliphatic carbocycles. The SMILES string of the molecule is CC(C)[Si](C#Cc1c2cccc3c4ccc5ccc6c(C#C[Si](C(C)C)(C(C)C)C(C)C)c7cccc8c9ccc%10ccc1c1c%10c9c9c(c78)c6c5c4c9c1c23)(C(C)C)C(C)C. The van der Waals surface area contributed by atoms with Gasteiger partial charge in [0.1, 0.15) is 16.1 Å². The van der Waals surface area contributed by atoms with Crippen LogP contribution in [0, 0.1) is 22.9 Å². The van der Waals surface area contributed by atoms with E-state index in [4.69, 9.17) is 0 Å². The van der Waals surface area contributed by atoms with Crippen LogP contribution in [0.2, 0.25) is 33.2 Å². The third-order valence-electron chi connectivity index (χ3n) is 16.9. The van der Waals surface area contributed by atoms with Crippen molar-refractivity contribution < 1.29 is 0 Å². The van der Waals surface area contributed by atoms with Crippen LogP contribution in [0.5, 0.6) is 0 Å². The Bertz CT molecular complexity index is 3590. The van der Waals surface area contributed by atoms with E-state index in [1.54, 1.807) is 0 Å². The second kappa shape index (κ2) is 12.6. The second-order valence-electron chi connectivity index (χ2n) is 21.1. The maximum Gasteiger partial charge on any atom is 0.146 e. The van der Waals surface area contributed by atoms with Gasteiger partial charge < -0.3 is 0 Å². The van der Waals surface area contributed by atoms with E-state index >= 15 is 0 Å². The van der Waals surface area contributed by atoms with Crippen LogP contribution in [0.4, 0.5) is 0 Å². The molecule has 0 nitrogen and oxygen atoms in total. The van der Waals surface area contributed by atoms with E-state index in [9.17, 15) is 0 Å². The molecule has 0 spiro atoms. The molecule has 0 saturated carbocycles. The number of benzene rings is 12. The Morgan fingerprint density at radius 1 is 0.274 bits per heavy atom. The van der Waals surface area contributed by atoms with Crippen molar-refractivity contribution in [1.82, 2.24) is 0 Å². The highest BCUT2D eigenvalue weighted by atomic mass is 28.3. The minimum atomic E-state index is -2.03. The topological polar surface area (TPSA) is 0 Å². The maximum absolute atomic E-state index is 4.20. The van der Waals surface area contributed by atoms with Gasteiger partial charge in [-0.3, -0.25) is 0 Å². The molecule has 0 fully saturated rings. The first-order chi connectivity index (χ1) is 29.7. The van der Waals surface area contributed by atoms with E-state index in [1.807, 2.05) is 0 Å². The molecule has 0 unspecified atom stereocenters. The molecular weight excluding hydrogens is 777 g/mol. The average molecular weight is 833 g/mol. The lowest BCUT2D eigenvalue weighted by atomic mass is 9.73. The third kappa shape index (κ3) is 4.32. The maximum atomic E-state index is 4.20. The van der Waals surface area contributed by atoms with Crippen LogP contribution < -0.4 is 0 Å². The Hall–Kier alpha value is -5.39. The summed E-state index contributed by atoms with van der Waals surface area (Å²) in [5, 5.41) is 30.3. The number of hydrogen-bond acceptors (Lipinski definition) is 0. The zero-order valence-corrected chi connectivity index (χ0v) is 40.5. The van der Waals surface area contributed by atoms with Crippen molar-refractivity contribution in [3.05, 3.63) is 96.1 Å². The van der Waals surface area contributed by atoms with Crippen LogP contribution in [0.3, 0.4) is 0 Å². The van der Waals surface area contributed by atoms with Crippen LogP contribution in [0.25, 0.3) is 118 Å². The van der Waals surface area contributed by atoms with Crippen molar-refractivity contribution >= 4 is 135 Å². The first-order valence-corrected chi connectivity index (χ1v) is 28.0. The minimum absolute atomic E-state index is 0.564. The molecule has 12 aromatic carbocycles. The van der Waals surface area contributed by atoms with Crippen molar-refractivity contribution in [3.63, 3.8) is 0 Å². The fourth-order valence-corrected chi connectivity index (χ4v) is 24.9. The Morgan fingerprint density at radius 2 is 0.532 bits per heavy atom. The van der Waals surface area contributed by atoms with Gasteiger partial charge in [-0.05, 0) is 152 Å². The fraction of sp³-hybridized carbons (Fsp3) is 0.300. The van der Waals surface area contributed by atoms with Gasteiger partial charge in [-0.25, -0.2) is 0 Å². The highest BCUT2D eigenvalue weighted by molar-refractivity contribution is 6.91. The largest absolute Gasteiger partial charge is 0.146 e. The van der Waals surface area contributed by atoms with E-state index in [0.29, 0.717) is 33.2 Å². The monoisotopic (exact) mass is 832 g/mol. The Kier molecular flexibility index (Phi) is 7.80. The average Bonchev–Trinajstić information content (AvgIpc) is 3.24. The molecule has 0 N–H and O–H groups in total. The lowest BCUT2D eigenvalue weighted by Crippen LogP contribution is -2.43. The van der Waals surface area contributed by atoms with Crippen LogP contribution in [0.1, 0.15) is 94.2 Å². The molecule has 2 heteroatoms. The van der Waals surface area contributed by atoms with E-state index in [2.05, 4.69) is 191 Å². The van der Waals surface area contributed by atoms with Gasteiger partial charge in [-0.2, -0.15) is 0 Å². The van der Waals surface area contributed by atoms with Crippen LogP contribution >= 0.6 is 0 Å². The minimum Gasteiger partial charge on any atom is -0.125 e. The van der Waals surface area contributed by atoms with Crippen molar-refractivity contribution in [3.8, 4) is 22.9 Å². The van der Waals surface area contributed by atoms with Gasteiger partial charge in [0.2, 0.25) is 0 Å². The third-order valence-corrected chi connectivity index (χ3v) is 29.5. The Morgan fingerprint density at radius 3 is 0.871 bits per heavy atom. The van der Waals surface area contributed by atoms with E-state index in [-0.39, 0.29) is 0 Å². The van der Waals surface area contributed by atoms with Crippen molar-refractivity contribution in [2.24, 2.45) is 0 Å². The van der Waals surface area contributed by atoms with Crippen molar-refractivity contribution in [2.75, 3.05) is 0 Å². The Balaban J connectivity index is 1.36. The van der Waals surface area contributed by atoms with Crippen molar-refractivity contribution in [1.29, 1.82) is 0 Å². The summed E-state index contributed by atoms with van der Waals surface area (Å²) in [6.07, 6.45) is 0. The summed E-state index contributed by atoms with van der Waals surface area (Å²) in [5.74, 6) is 8.17. The molecule has 0 atom stereocenters. The van der Waals surface area contributed by atoms with Gasteiger partial charge in [0.05, 0.1) is 0 Å². The molecule has 304 valence electrons. The van der Waals surface area contributed by atoms with Crippen LogP contribution in [-0.2, 0) is 0 Å². The van der Waals surface area contributed by atoms with Gasteiger partial charge >= 0.3 is 0 Å². The lowest BCUT2D eigenvalue weighted by molar-refractivity contribution is 0.838. The highest BCUT2D eigenvalue weighted by Crippen LogP contribution is 2.59. The summed E-state index contributed by atoms with van der Waals surface area (Å²) in [5.41, 5.74) is 14.2. The summed E-state index contributed by atoms with van der Waals surface area (Å²) in [6.45, 7) is 29.2. The molecule has 0 amide bonds. The summed E-state index contributed by atoms with van der Waals surface area (Å²) < 4.78 is 0. The van der Waals surface area contributed by atoms with Crippen LogP contribution in [-0.4, -0.2) is 16.1 Å². The van der Waals surface area contributed by atoms with Gasteiger partial charge in [0.15, 0.2) is 0 Å². The first-order valence-electron chi connectivity index (χ1n) is 23.5. The quantitative estimate of drug-likeness (QED) is 0.0678. The van der Waals surface area contributed by atoms with E-state index in [1.165, 1.54) is 130 Å². The molecule has 0 aliphatic heterocycles. The predicted molar refractivity (Wildman–Crippen MR) is 282 cm³/mol. The standard InChI is InChI=1S/C60H56Si2/c1-31(2)61(32(3)4,33(5)6)29-27-39-41-15-13-17-43-47-25-22-38-20-24-46-40(28-30-62(34(7)8,35(9)10)36(11)12)42-16-14-18-44-48-26-21-37-19-23-45(39)53-49(37)55(48)60-58(52(42)44)54(46)50(38)56(47)59(60)57(53)51(41)43/h13-26,31-36H,1-12H3. The van der Waals surface area contributed by atoms with E-state index in [0.717, 1.165) is 0 Å². The normalized spacial score (nSPS) is 13.8. The fourth-order valence-electron chi connectivity index (χ4n) is 14.5. The molecule has 62 heavy (non-hydrogen) atoms. The number of fused-ring (bicyclic) bond motifs is 2. The number of hydrogen-bond donors (Lipinski definition) is 0. The summed E-state index contributed by atoms with van der Waals surface area (Å²) in [4.78, 5) is 0. The summed E-state index contributed by atoms with van der Waals surface area (Å²) >= 11 is 0. The van der Waals surface area contributed by atoms with E-state index < -0.39 is 16.1 Å². The zero-order valence-electron chi connectivity index (χ0n) is 38.5. The molecule has 0 saturated heterocycles. The Labute approximate surface area is 368 Å². The molecule has 0 bridgehead atoms. The van der Waals surface area contributed by atoms with Crippen molar-refractivity contribution in [2.45, 2.75) is 116 Å². The molecule has 12 aromatic rings.